The fourth-order valence-corrected chi connectivity index (χ4v) is 9.83. The molecule has 196 valence electrons. The zero-order valence-corrected chi connectivity index (χ0v) is 22.2. The van der Waals surface area contributed by atoms with Crippen LogP contribution in [-0.4, -0.2) is 54.6 Å². The molecule has 7 aliphatic rings. The second kappa shape index (κ2) is 7.74. The molecule has 4 bridgehead atoms. The van der Waals surface area contributed by atoms with Crippen LogP contribution < -0.4 is 4.74 Å². The van der Waals surface area contributed by atoms with E-state index in [0.717, 1.165) is 43.9 Å². The maximum absolute atomic E-state index is 11.0. The van der Waals surface area contributed by atoms with Gasteiger partial charge in [-0.3, -0.25) is 4.90 Å². The van der Waals surface area contributed by atoms with Crippen LogP contribution in [0.25, 0.3) is 0 Å². The summed E-state index contributed by atoms with van der Waals surface area (Å²) >= 11 is 0. The van der Waals surface area contributed by atoms with Crippen molar-refractivity contribution in [2.75, 3.05) is 26.8 Å². The molecule has 0 amide bonds. The summed E-state index contributed by atoms with van der Waals surface area (Å²) in [5.74, 6) is 2.21. The number of nitrogens with zero attached hydrogens (tertiary/aromatic N) is 1. The Morgan fingerprint density at radius 2 is 1.97 bits per heavy atom. The van der Waals surface area contributed by atoms with Crippen molar-refractivity contribution in [1.29, 1.82) is 0 Å². The van der Waals surface area contributed by atoms with E-state index in [1.165, 1.54) is 48.1 Å². The van der Waals surface area contributed by atoms with Crippen molar-refractivity contribution < 1.29 is 19.3 Å². The number of phenolic OH excluding ortho intramolecular Hbond substituents is 1. The Balaban J connectivity index is 1.21. The lowest BCUT2D eigenvalue weighted by molar-refractivity contribution is -0.283. The molecular weight excluding hydrogens is 462 g/mol. The van der Waals surface area contributed by atoms with Gasteiger partial charge in [-0.2, -0.15) is 0 Å². The molecular formula is C32H39NO4. The number of piperidine rings is 1. The molecule has 5 nitrogen and oxygen atoms in total. The number of benzene rings is 2. The molecule has 1 N–H and O–H groups in total. The van der Waals surface area contributed by atoms with Crippen LogP contribution in [-0.2, 0) is 27.9 Å². The van der Waals surface area contributed by atoms with Gasteiger partial charge in [-0.1, -0.05) is 30.3 Å². The third-order valence-corrected chi connectivity index (χ3v) is 11.6. The van der Waals surface area contributed by atoms with E-state index >= 15 is 0 Å². The van der Waals surface area contributed by atoms with E-state index in [4.69, 9.17) is 14.2 Å². The molecule has 4 saturated carbocycles. The van der Waals surface area contributed by atoms with Crippen molar-refractivity contribution in [1.82, 2.24) is 4.90 Å². The summed E-state index contributed by atoms with van der Waals surface area (Å²) < 4.78 is 20.0. The van der Waals surface area contributed by atoms with Crippen molar-refractivity contribution >= 4 is 0 Å². The smallest absolute Gasteiger partial charge is 0.165 e. The third kappa shape index (κ3) is 2.81. The molecule has 0 aromatic heterocycles. The molecule has 2 heterocycles. The number of aromatic hydroxyl groups is 1. The summed E-state index contributed by atoms with van der Waals surface area (Å²) in [6.45, 7) is 5.86. The zero-order valence-electron chi connectivity index (χ0n) is 22.2. The Labute approximate surface area is 220 Å². The average molecular weight is 502 g/mol. The Hall–Kier alpha value is -2.08. The quantitative estimate of drug-likeness (QED) is 0.569. The van der Waals surface area contributed by atoms with Gasteiger partial charge in [0.2, 0.25) is 0 Å². The van der Waals surface area contributed by atoms with E-state index in [-0.39, 0.29) is 22.9 Å². The fourth-order valence-electron chi connectivity index (χ4n) is 9.83. The standard InChI is InChI=1S/C32H39NO4/c1-20-5-3-4-6-23(20)18-36-19-24-16-30-11-12-32(24,35-2)29-31(30)13-14-33(17-21-7-8-21)26(30)15-22-9-10-25(34)28(37-29)27(22)31/h3-6,9-10,21,24,26,29,34H,7-8,11-19H2,1-2H3/t24-,26-,29-,30-,31+,32-/m1/s1. The van der Waals surface area contributed by atoms with Gasteiger partial charge < -0.3 is 19.3 Å². The third-order valence-electron chi connectivity index (χ3n) is 11.6. The van der Waals surface area contributed by atoms with Crippen LogP contribution in [0.1, 0.15) is 60.8 Å². The maximum Gasteiger partial charge on any atom is 0.165 e. The highest BCUT2D eigenvalue weighted by Gasteiger charge is 2.80. The summed E-state index contributed by atoms with van der Waals surface area (Å²) in [5.41, 5.74) is 4.96. The first-order valence-electron chi connectivity index (χ1n) is 14.5. The number of aryl methyl sites for hydroxylation is 1. The molecule has 2 aromatic rings. The number of hydrogen-bond acceptors (Lipinski definition) is 5. The highest BCUT2D eigenvalue weighted by atomic mass is 16.6. The second-order valence-electron chi connectivity index (χ2n) is 13.0. The van der Waals surface area contributed by atoms with Gasteiger partial charge in [0, 0.05) is 42.0 Å². The second-order valence-corrected chi connectivity index (χ2v) is 13.0. The minimum absolute atomic E-state index is 0.0625. The van der Waals surface area contributed by atoms with Gasteiger partial charge in [0.05, 0.1) is 13.2 Å². The molecule has 5 heteroatoms. The Morgan fingerprint density at radius 3 is 2.78 bits per heavy atom. The minimum atomic E-state index is -0.392. The predicted molar refractivity (Wildman–Crippen MR) is 141 cm³/mol. The van der Waals surface area contributed by atoms with Crippen LogP contribution in [0.4, 0.5) is 0 Å². The first kappa shape index (κ1) is 22.9. The first-order valence-corrected chi connectivity index (χ1v) is 14.5. The molecule has 5 fully saturated rings. The van der Waals surface area contributed by atoms with Crippen LogP contribution in [0, 0.1) is 24.2 Å². The molecule has 0 unspecified atom stereocenters. The highest BCUT2D eigenvalue weighted by molar-refractivity contribution is 5.63. The number of fused-ring (bicyclic) bond motifs is 2. The van der Waals surface area contributed by atoms with Crippen LogP contribution >= 0.6 is 0 Å². The van der Waals surface area contributed by atoms with Gasteiger partial charge >= 0.3 is 0 Å². The Bertz CT molecular complexity index is 1260. The van der Waals surface area contributed by atoms with Crippen molar-refractivity contribution in [2.45, 2.75) is 81.6 Å². The predicted octanol–water partition coefficient (Wildman–Crippen LogP) is 5.14. The van der Waals surface area contributed by atoms with Crippen LogP contribution in [0.3, 0.4) is 0 Å². The number of rotatable bonds is 7. The summed E-state index contributed by atoms with van der Waals surface area (Å²) in [7, 11) is 1.89. The molecule has 2 aromatic carbocycles. The van der Waals surface area contributed by atoms with E-state index in [2.05, 4.69) is 42.2 Å². The van der Waals surface area contributed by atoms with E-state index < -0.39 is 5.60 Å². The number of phenols is 1. The van der Waals surface area contributed by atoms with E-state index in [0.29, 0.717) is 25.0 Å². The fraction of sp³-hybridized carbons (Fsp3) is 0.625. The zero-order chi connectivity index (χ0) is 25.0. The highest BCUT2D eigenvalue weighted by Crippen LogP contribution is 2.76. The van der Waals surface area contributed by atoms with E-state index in [1.807, 2.05) is 13.2 Å². The normalized spacial score (nSPS) is 38.9. The lowest BCUT2D eigenvalue weighted by atomic mass is 9.35. The molecule has 37 heavy (non-hydrogen) atoms. The molecule has 5 aliphatic carbocycles. The Morgan fingerprint density at radius 1 is 1.11 bits per heavy atom. The van der Waals surface area contributed by atoms with Gasteiger partial charge in [0.1, 0.15) is 11.7 Å². The lowest BCUT2D eigenvalue weighted by Gasteiger charge is -2.74. The summed E-state index contributed by atoms with van der Waals surface area (Å²) in [6.07, 6.45) is 8.20. The molecule has 0 radical (unpaired) electrons. The Kier molecular flexibility index (Phi) is 4.78. The first-order chi connectivity index (χ1) is 18.0. The molecule has 6 atom stereocenters. The summed E-state index contributed by atoms with van der Waals surface area (Å²) in [6, 6.07) is 13.1. The average Bonchev–Trinajstić information content (AvgIpc) is 3.65. The van der Waals surface area contributed by atoms with Gasteiger partial charge in [-0.15, -0.1) is 0 Å². The number of methoxy groups -OCH3 is 1. The number of ether oxygens (including phenoxy) is 3. The maximum atomic E-state index is 11.0. The van der Waals surface area contributed by atoms with Crippen molar-refractivity contribution in [3.63, 3.8) is 0 Å². The van der Waals surface area contributed by atoms with Crippen LogP contribution in [0.5, 0.6) is 11.5 Å². The topological polar surface area (TPSA) is 51.2 Å². The van der Waals surface area contributed by atoms with Crippen molar-refractivity contribution in [3.8, 4) is 11.5 Å². The van der Waals surface area contributed by atoms with E-state index in [1.54, 1.807) is 0 Å². The summed E-state index contributed by atoms with van der Waals surface area (Å²) in [5, 5.41) is 11.0. The minimum Gasteiger partial charge on any atom is -0.504 e. The lowest BCUT2D eigenvalue weighted by Crippen LogP contribution is -2.81. The monoisotopic (exact) mass is 501 g/mol. The van der Waals surface area contributed by atoms with Crippen LogP contribution in [0.2, 0.25) is 0 Å². The molecule has 2 aliphatic heterocycles. The number of likely N-dealkylation sites (tertiary alicyclic amines) is 1. The van der Waals surface area contributed by atoms with Gasteiger partial charge in [0.25, 0.3) is 0 Å². The van der Waals surface area contributed by atoms with Gasteiger partial charge in [-0.05, 0) is 87.1 Å². The molecule has 9 rings (SSSR count). The van der Waals surface area contributed by atoms with Crippen molar-refractivity contribution in [3.05, 3.63) is 58.7 Å². The van der Waals surface area contributed by atoms with E-state index in [9.17, 15) is 5.11 Å². The summed E-state index contributed by atoms with van der Waals surface area (Å²) in [4.78, 5) is 2.87. The number of hydrogen-bond donors (Lipinski definition) is 1. The molecule has 2 spiro atoms. The molecule has 1 saturated heterocycles. The van der Waals surface area contributed by atoms with Crippen LogP contribution in [0.15, 0.2) is 36.4 Å². The van der Waals surface area contributed by atoms with Gasteiger partial charge in [0.15, 0.2) is 11.5 Å². The van der Waals surface area contributed by atoms with Gasteiger partial charge in [-0.25, -0.2) is 0 Å². The largest absolute Gasteiger partial charge is 0.504 e. The van der Waals surface area contributed by atoms with Crippen molar-refractivity contribution in [2.24, 2.45) is 17.3 Å². The SMILES string of the molecule is CO[C@]12CC[C@@]3(C[C@@H]1COCc1ccccc1C)[C@H]1Cc4ccc(O)c5c4[C@@]3(CCN1CC1CC1)[C@H]2O5.